The van der Waals surface area contributed by atoms with E-state index >= 15 is 0 Å². The van der Waals surface area contributed by atoms with Crippen molar-refractivity contribution in [1.82, 2.24) is 4.57 Å². The molecule has 0 aliphatic heterocycles. The van der Waals surface area contributed by atoms with Crippen LogP contribution >= 0.6 is 0 Å². The lowest BCUT2D eigenvalue weighted by molar-refractivity contribution is 1.18. The lowest BCUT2D eigenvalue weighted by atomic mass is 9.94. The second-order valence-corrected chi connectivity index (χ2v) is 16.1. The molecular weight excluding hydrogens is 749 g/mol. The molecule has 0 N–H and O–H groups in total. The molecule has 290 valence electrons. The van der Waals surface area contributed by atoms with E-state index in [1.54, 1.807) is 0 Å². The maximum Gasteiger partial charge on any atom is 0.0541 e. The standard InChI is InChI=1S/C60H40N2/c1-3-14-41(15-4-1)42-26-28-43(29-27-42)45-16-13-19-49(38-45)61(50-35-36-55-53-22-8-7-20-51(53)52-21-9-10-23-54(52)57(55)40-50)48-33-30-44(31-34-48)46-32-37-60-58(39-46)56-24-11-12-25-59(56)62(60)47-17-5-2-6-18-47/h1-40H. The van der Waals surface area contributed by atoms with Gasteiger partial charge in [0.2, 0.25) is 0 Å². The van der Waals surface area contributed by atoms with Gasteiger partial charge in [0.25, 0.3) is 0 Å². The quantitative estimate of drug-likeness (QED) is 0.146. The maximum atomic E-state index is 2.41. The van der Waals surface area contributed by atoms with E-state index in [1.165, 1.54) is 93.2 Å². The summed E-state index contributed by atoms with van der Waals surface area (Å²) >= 11 is 0. The summed E-state index contributed by atoms with van der Waals surface area (Å²) in [5.41, 5.74) is 14.0. The SMILES string of the molecule is c1ccc(-c2ccc(-c3cccc(N(c4ccc(-c5ccc6c(c5)c5ccccc5n6-c5ccccc5)cc4)c4ccc5c6ccccc6c6ccccc6c5c4)c3)cc2)cc1. The molecule has 0 saturated carbocycles. The average Bonchev–Trinajstić information content (AvgIpc) is 3.69. The third kappa shape index (κ3) is 6.04. The second kappa shape index (κ2) is 14.8. The van der Waals surface area contributed by atoms with Crippen molar-refractivity contribution in [3.05, 3.63) is 243 Å². The monoisotopic (exact) mass is 788 g/mol. The van der Waals surface area contributed by atoms with E-state index < -0.39 is 0 Å². The molecule has 0 saturated heterocycles. The van der Waals surface area contributed by atoms with Gasteiger partial charge in [-0.1, -0.05) is 176 Å². The number of hydrogen-bond donors (Lipinski definition) is 0. The predicted molar refractivity (Wildman–Crippen MR) is 264 cm³/mol. The Hall–Kier alpha value is -8.20. The summed E-state index contributed by atoms with van der Waals surface area (Å²) in [4.78, 5) is 2.41. The van der Waals surface area contributed by atoms with E-state index in [0.717, 1.165) is 17.1 Å². The molecular formula is C60H40N2. The van der Waals surface area contributed by atoms with Crippen LogP contribution in [0.4, 0.5) is 17.1 Å². The van der Waals surface area contributed by atoms with Gasteiger partial charge in [0.1, 0.15) is 0 Å². The third-order valence-corrected chi connectivity index (χ3v) is 12.6. The third-order valence-electron chi connectivity index (χ3n) is 12.6. The fourth-order valence-electron chi connectivity index (χ4n) is 9.60. The minimum absolute atomic E-state index is 1.09. The van der Waals surface area contributed by atoms with Gasteiger partial charge in [-0.15, -0.1) is 0 Å². The summed E-state index contributed by atoms with van der Waals surface area (Å²) < 4.78 is 2.37. The molecule has 0 fully saturated rings. The van der Waals surface area contributed by atoms with Gasteiger partial charge in [-0.2, -0.15) is 0 Å². The van der Waals surface area contributed by atoms with Crippen LogP contribution in [0.1, 0.15) is 0 Å². The molecule has 11 aromatic carbocycles. The zero-order valence-electron chi connectivity index (χ0n) is 34.0. The molecule has 12 aromatic rings. The van der Waals surface area contributed by atoms with E-state index in [0.29, 0.717) is 0 Å². The van der Waals surface area contributed by atoms with Crippen molar-refractivity contribution in [2.24, 2.45) is 0 Å². The molecule has 0 bridgehead atoms. The summed E-state index contributed by atoms with van der Waals surface area (Å²) in [7, 11) is 0. The molecule has 12 rings (SSSR count). The van der Waals surface area contributed by atoms with Gasteiger partial charge >= 0.3 is 0 Å². The summed E-state index contributed by atoms with van der Waals surface area (Å²) in [6, 6.07) is 88.4. The molecule has 0 aliphatic carbocycles. The Bertz CT molecular complexity index is 3570. The summed E-state index contributed by atoms with van der Waals surface area (Å²) in [5.74, 6) is 0. The Kier molecular flexibility index (Phi) is 8.53. The zero-order chi connectivity index (χ0) is 41.0. The first-order valence-electron chi connectivity index (χ1n) is 21.3. The Labute approximate surface area is 360 Å². The summed E-state index contributed by atoms with van der Waals surface area (Å²) in [5, 5.41) is 10.1. The molecule has 0 aliphatic rings. The Balaban J connectivity index is 0.989. The highest BCUT2D eigenvalue weighted by molar-refractivity contribution is 6.25. The molecule has 0 unspecified atom stereocenters. The number of rotatable bonds is 7. The van der Waals surface area contributed by atoms with Crippen LogP contribution in [0.15, 0.2) is 243 Å². The van der Waals surface area contributed by atoms with Crippen molar-refractivity contribution in [1.29, 1.82) is 0 Å². The smallest absolute Gasteiger partial charge is 0.0541 e. The molecule has 0 atom stereocenters. The number of hydrogen-bond acceptors (Lipinski definition) is 1. The molecule has 1 aromatic heterocycles. The molecule has 0 amide bonds. The fourth-order valence-corrected chi connectivity index (χ4v) is 9.60. The minimum atomic E-state index is 1.09. The molecule has 1 heterocycles. The topological polar surface area (TPSA) is 8.17 Å². The van der Waals surface area contributed by atoms with Crippen molar-refractivity contribution in [2.45, 2.75) is 0 Å². The van der Waals surface area contributed by atoms with Gasteiger partial charge < -0.3 is 9.47 Å². The number of fused-ring (bicyclic) bond motifs is 9. The van der Waals surface area contributed by atoms with E-state index in [-0.39, 0.29) is 0 Å². The fraction of sp³-hybridized carbons (Fsp3) is 0. The first-order valence-corrected chi connectivity index (χ1v) is 21.3. The average molecular weight is 789 g/mol. The van der Waals surface area contributed by atoms with Crippen LogP contribution < -0.4 is 4.90 Å². The normalized spacial score (nSPS) is 11.5. The Morgan fingerprint density at radius 3 is 1.34 bits per heavy atom. The van der Waals surface area contributed by atoms with Gasteiger partial charge in [0.15, 0.2) is 0 Å². The van der Waals surface area contributed by atoms with Crippen LogP contribution in [-0.2, 0) is 0 Å². The number of aromatic nitrogens is 1. The largest absolute Gasteiger partial charge is 0.310 e. The van der Waals surface area contributed by atoms with Gasteiger partial charge in [-0.05, 0) is 132 Å². The van der Waals surface area contributed by atoms with Gasteiger partial charge in [-0.25, -0.2) is 0 Å². The van der Waals surface area contributed by atoms with Gasteiger partial charge in [-0.3, -0.25) is 0 Å². The van der Waals surface area contributed by atoms with E-state index in [9.17, 15) is 0 Å². The van der Waals surface area contributed by atoms with Gasteiger partial charge in [0.05, 0.1) is 11.0 Å². The van der Waals surface area contributed by atoms with Crippen LogP contribution in [0.25, 0.3) is 93.2 Å². The first-order chi connectivity index (χ1) is 30.7. The number of para-hydroxylation sites is 2. The predicted octanol–water partition coefficient (Wildman–Crippen LogP) is 16.7. The highest BCUT2D eigenvalue weighted by Crippen LogP contribution is 2.43. The highest BCUT2D eigenvalue weighted by atomic mass is 15.1. The van der Waals surface area contributed by atoms with Crippen LogP contribution in [0, 0.1) is 0 Å². The summed E-state index contributed by atoms with van der Waals surface area (Å²) in [6.07, 6.45) is 0. The van der Waals surface area contributed by atoms with Crippen molar-refractivity contribution < 1.29 is 0 Å². The molecule has 2 nitrogen and oxygen atoms in total. The number of anilines is 3. The molecule has 0 radical (unpaired) electrons. The van der Waals surface area contributed by atoms with E-state index in [2.05, 4.69) is 252 Å². The second-order valence-electron chi connectivity index (χ2n) is 16.1. The van der Waals surface area contributed by atoms with Crippen LogP contribution in [0.2, 0.25) is 0 Å². The minimum Gasteiger partial charge on any atom is -0.310 e. The van der Waals surface area contributed by atoms with Crippen molar-refractivity contribution in [2.75, 3.05) is 4.90 Å². The van der Waals surface area contributed by atoms with Crippen molar-refractivity contribution in [3.8, 4) is 39.1 Å². The highest BCUT2D eigenvalue weighted by Gasteiger charge is 2.18. The van der Waals surface area contributed by atoms with Crippen LogP contribution in [0.3, 0.4) is 0 Å². The van der Waals surface area contributed by atoms with E-state index in [1.807, 2.05) is 0 Å². The van der Waals surface area contributed by atoms with Crippen LogP contribution in [-0.4, -0.2) is 4.57 Å². The lowest BCUT2D eigenvalue weighted by Crippen LogP contribution is -2.10. The van der Waals surface area contributed by atoms with Crippen molar-refractivity contribution >= 4 is 71.2 Å². The molecule has 62 heavy (non-hydrogen) atoms. The lowest BCUT2D eigenvalue weighted by Gasteiger charge is -2.27. The van der Waals surface area contributed by atoms with Crippen LogP contribution in [0.5, 0.6) is 0 Å². The molecule has 2 heteroatoms. The maximum absolute atomic E-state index is 2.41. The Morgan fingerprint density at radius 2 is 0.661 bits per heavy atom. The Morgan fingerprint density at radius 1 is 0.226 bits per heavy atom. The number of benzene rings is 11. The molecule has 0 spiro atoms. The number of nitrogens with zero attached hydrogens (tertiary/aromatic N) is 2. The van der Waals surface area contributed by atoms with Crippen molar-refractivity contribution in [3.63, 3.8) is 0 Å². The van der Waals surface area contributed by atoms with Gasteiger partial charge in [0, 0.05) is 33.5 Å². The summed E-state index contributed by atoms with van der Waals surface area (Å²) in [6.45, 7) is 0. The zero-order valence-corrected chi connectivity index (χ0v) is 34.0. The van der Waals surface area contributed by atoms with E-state index in [4.69, 9.17) is 0 Å². The first kappa shape index (κ1) is 35.7.